The number of likely N-dealkylation sites (N-methyl/N-ethyl adjacent to an activating group) is 1. The summed E-state index contributed by atoms with van der Waals surface area (Å²) in [5.74, 6) is 5.41. The van der Waals surface area contributed by atoms with Gasteiger partial charge in [-0.05, 0) is 37.0 Å². The minimum Gasteiger partial charge on any atom is -0.369 e. The summed E-state index contributed by atoms with van der Waals surface area (Å²) >= 11 is 0. The molecule has 1 aliphatic carbocycles. The van der Waals surface area contributed by atoms with Gasteiger partial charge in [0.05, 0.1) is 0 Å². The fourth-order valence-corrected chi connectivity index (χ4v) is 3.76. The number of carbonyl (C=O) groups is 2. The van der Waals surface area contributed by atoms with E-state index < -0.39 is 5.60 Å². The van der Waals surface area contributed by atoms with Gasteiger partial charge in [0.2, 0.25) is 5.60 Å². The number of anilines is 1. The zero-order valence-electron chi connectivity index (χ0n) is 15.9. The maximum absolute atomic E-state index is 12.6. The summed E-state index contributed by atoms with van der Waals surface area (Å²) in [4.78, 5) is 26.1. The fraction of sp³-hybridized carbons (Fsp3) is 0.381. The van der Waals surface area contributed by atoms with Crippen molar-refractivity contribution in [2.75, 3.05) is 18.9 Å². The van der Waals surface area contributed by atoms with E-state index in [0.717, 1.165) is 24.1 Å². The van der Waals surface area contributed by atoms with Gasteiger partial charge in [0, 0.05) is 42.5 Å². The Morgan fingerprint density at radius 3 is 3.00 bits per heavy atom. The van der Waals surface area contributed by atoms with Gasteiger partial charge in [0.25, 0.3) is 11.8 Å². The normalized spacial score (nSPS) is 23.3. The smallest absolute Gasteiger partial charge is 0.276 e. The van der Waals surface area contributed by atoms with Crippen LogP contribution in [0.3, 0.4) is 0 Å². The van der Waals surface area contributed by atoms with Gasteiger partial charge in [-0.15, -0.1) is 0 Å². The van der Waals surface area contributed by atoms with Crippen LogP contribution in [0.4, 0.5) is 5.69 Å². The van der Waals surface area contributed by atoms with Crippen LogP contribution in [0.5, 0.6) is 0 Å². The van der Waals surface area contributed by atoms with Gasteiger partial charge < -0.3 is 15.3 Å². The molecule has 2 aliphatic rings. The summed E-state index contributed by atoms with van der Waals surface area (Å²) in [5.41, 5.74) is 2.02. The molecule has 1 saturated heterocycles. The van der Waals surface area contributed by atoms with Crippen molar-refractivity contribution in [3.05, 3.63) is 46.8 Å². The number of H-pyrrole nitrogens is 1. The highest BCUT2D eigenvalue weighted by Gasteiger charge is 2.42. The number of fused-ring (bicyclic) bond motifs is 1. The molecule has 3 N–H and O–H groups in total. The Morgan fingerprint density at radius 1 is 1.43 bits per heavy atom. The lowest BCUT2D eigenvalue weighted by Crippen LogP contribution is -2.37. The molecule has 144 valence electrons. The van der Waals surface area contributed by atoms with Gasteiger partial charge in [-0.2, -0.15) is 5.10 Å². The molecule has 4 rings (SSSR count). The van der Waals surface area contributed by atoms with Crippen molar-refractivity contribution in [2.24, 2.45) is 5.92 Å². The van der Waals surface area contributed by atoms with E-state index in [0.29, 0.717) is 29.4 Å². The number of benzene rings is 1. The Labute approximate surface area is 163 Å². The number of aromatic nitrogens is 2. The lowest BCUT2D eigenvalue weighted by Gasteiger charge is -2.13. The highest BCUT2D eigenvalue weighted by atomic mass is 16.3. The fourth-order valence-electron chi connectivity index (χ4n) is 3.76. The minimum absolute atomic E-state index is 0.261. The standard InChI is InChI=1S/C21H22N4O3/c1-13-10-16-17(11-13)23-24-18(16)19(26)22-15-5-3-4-14(12-15)6-7-21(28)8-9-25(2)20(21)27/h3-5,12-13,28H,8-11H2,1-2H3,(H,22,26)(H,23,24)/t13?,21-/m0/s1. The molecule has 2 heterocycles. The molecule has 2 atom stereocenters. The van der Waals surface area contributed by atoms with Gasteiger partial charge in [0.1, 0.15) is 0 Å². The van der Waals surface area contributed by atoms with E-state index in [9.17, 15) is 14.7 Å². The first-order chi connectivity index (χ1) is 13.4. The molecule has 0 saturated carbocycles. The number of hydrogen-bond acceptors (Lipinski definition) is 4. The van der Waals surface area contributed by atoms with Gasteiger partial charge in [0.15, 0.2) is 5.69 Å². The van der Waals surface area contributed by atoms with E-state index in [2.05, 4.69) is 34.3 Å². The predicted octanol–water partition coefficient (Wildman–Crippen LogP) is 1.34. The zero-order valence-corrected chi connectivity index (χ0v) is 15.9. The molecule has 2 aromatic rings. The van der Waals surface area contributed by atoms with E-state index in [-0.39, 0.29) is 18.2 Å². The molecule has 2 amide bonds. The van der Waals surface area contributed by atoms with E-state index >= 15 is 0 Å². The van der Waals surface area contributed by atoms with Crippen LogP contribution in [0.15, 0.2) is 24.3 Å². The molecule has 28 heavy (non-hydrogen) atoms. The summed E-state index contributed by atoms with van der Waals surface area (Å²) in [6, 6.07) is 7.01. The first-order valence-electron chi connectivity index (χ1n) is 9.34. The number of likely N-dealkylation sites (tertiary alicyclic amines) is 1. The molecular weight excluding hydrogens is 356 g/mol. The lowest BCUT2D eigenvalue weighted by atomic mass is 10.0. The van der Waals surface area contributed by atoms with Crippen molar-refractivity contribution < 1.29 is 14.7 Å². The van der Waals surface area contributed by atoms with Crippen LogP contribution in [0.1, 0.15) is 40.7 Å². The number of carbonyl (C=O) groups excluding carboxylic acids is 2. The third-order valence-electron chi connectivity index (χ3n) is 5.32. The highest BCUT2D eigenvalue weighted by molar-refractivity contribution is 6.04. The Hall–Kier alpha value is -3.11. The summed E-state index contributed by atoms with van der Waals surface area (Å²) < 4.78 is 0. The maximum atomic E-state index is 12.6. The quantitative estimate of drug-likeness (QED) is 0.687. The van der Waals surface area contributed by atoms with E-state index in [4.69, 9.17) is 0 Å². The van der Waals surface area contributed by atoms with Crippen LogP contribution >= 0.6 is 0 Å². The monoisotopic (exact) mass is 378 g/mol. The highest BCUT2D eigenvalue weighted by Crippen LogP contribution is 2.27. The SMILES string of the molecule is CC1Cc2[nH]nc(C(=O)Nc3cccc(C#C[C@]4(O)CCN(C)C4=O)c3)c2C1. The zero-order chi connectivity index (χ0) is 19.9. The van der Waals surface area contributed by atoms with Crippen molar-refractivity contribution in [2.45, 2.75) is 31.8 Å². The molecule has 1 aromatic heterocycles. The first-order valence-corrected chi connectivity index (χ1v) is 9.34. The number of aromatic amines is 1. The van der Waals surface area contributed by atoms with Crippen LogP contribution in [0.2, 0.25) is 0 Å². The molecule has 0 spiro atoms. The first kappa shape index (κ1) is 18.3. The molecule has 7 nitrogen and oxygen atoms in total. The van der Waals surface area contributed by atoms with Gasteiger partial charge >= 0.3 is 0 Å². The molecule has 1 fully saturated rings. The average Bonchev–Trinajstić information content (AvgIpc) is 3.29. The summed E-state index contributed by atoms with van der Waals surface area (Å²) in [6.07, 6.45) is 2.05. The summed E-state index contributed by atoms with van der Waals surface area (Å²) in [5, 5.41) is 20.4. The minimum atomic E-state index is -1.64. The van der Waals surface area contributed by atoms with Gasteiger partial charge in [-0.25, -0.2) is 0 Å². The topological polar surface area (TPSA) is 98.3 Å². The van der Waals surface area contributed by atoms with Crippen molar-refractivity contribution in [3.8, 4) is 11.8 Å². The van der Waals surface area contributed by atoms with E-state index in [1.165, 1.54) is 4.90 Å². The number of nitrogens with zero attached hydrogens (tertiary/aromatic N) is 2. The van der Waals surface area contributed by atoms with Crippen LogP contribution in [0.25, 0.3) is 0 Å². The number of rotatable bonds is 2. The van der Waals surface area contributed by atoms with Gasteiger partial charge in [-0.3, -0.25) is 14.7 Å². The Bertz CT molecular complexity index is 1020. The largest absolute Gasteiger partial charge is 0.369 e. The molecule has 7 heteroatoms. The second kappa shape index (κ2) is 6.80. The van der Waals surface area contributed by atoms with Crippen molar-refractivity contribution in [1.82, 2.24) is 15.1 Å². The molecule has 1 aromatic carbocycles. The Morgan fingerprint density at radius 2 is 2.25 bits per heavy atom. The molecule has 1 aliphatic heterocycles. The molecule has 0 radical (unpaired) electrons. The molecule has 1 unspecified atom stereocenters. The van der Waals surface area contributed by atoms with Crippen molar-refractivity contribution in [3.63, 3.8) is 0 Å². The average molecular weight is 378 g/mol. The second-order valence-electron chi connectivity index (χ2n) is 7.66. The van der Waals surface area contributed by atoms with E-state index in [1.807, 2.05) is 0 Å². The third-order valence-corrected chi connectivity index (χ3v) is 5.32. The number of hydrogen-bond donors (Lipinski definition) is 3. The van der Waals surface area contributed by atoms with Crippen LogP contribution in [0, 0.1) is 17.8 Å². The Balaban J connectivity index is 1.50. The summed E-state index contributed by atoms with van der Waals surface area (Å²) in [6.45, 7) is 2.63. The second-order valence-corrected chi connectivity index (χ2v) is 7.66. The van der Waals surface area contributed by atoms with E-state index in [1.54, 1.807) is 31.3 Å². The summed E-state index contributed by atoms with van der Waals surface area (Å²) in [7, 11) is 1.64. The lowest BCUT2D eigenvalue weighted by molar-refractivity contribution is -0.137. The number of aliphatic hydroxyl groups is 1. The predicted molar refractivity (Wildman–Crippen MR) is 104 cm³/mol. The molecular formula is C21H22N4O3. The van der Waals surface area contributed by atoms with Crippen molar-refractivity contribution in [1.29, 1.82) is 0 Å². The number of amides is 2. The van der Waals surface area contributed by atoms with Crippen LogP contribution < -0.4 is 5.32 Å². The van der Waals surface area contributed by atoms with Crippen LogP contribution in [-0.2, 0) is 17.6 Å². The molecule has 0 bridgehead atoms. The third kappa shape index (κ3) is 3.27. The Kier molecular flexibility index (Phi) is 4.44. The van der Waals surface area contributed by atoms with Crippen molar-refractivity contribution >= 4 is 17.5 Å². The van der Waals surface area contributed by atoms with Crippen LogP contribution in [-0.4, -0.2) is 51.2 Å². The number of nitrogens with one attached hydrogen (secondary N) is 2. The maximum Gasteiger partial charge on any atom is 0.276 e. The van der Waals surface area contributed by atoms with Gasteiger partial charge in [-0.1, -0.05) is 24.8 Å².